The van der Waals surface area contributed by atoms with Crippen molar-refractivity contribution in [3.8, 4) is 0 Å². The number of hydrogen-bond donors (Lipinski definition) is 2. The van der Waals surface area contributed by atoms with E-state index >= 15 is 0 Å². The second-order valence-electron chi connectivity index (χ2n) is 6.98. The molecule has 1 atom stereocenters. The van der Waals surface area contributed by atoms with Crippen molar-refractivity contribution in [3.05, 3.63) is 88.3 Å². The van der Waals surface area contributed by atoms with Crippen molar-refractivity contribution in [1.29, 1.82) is 0 Å². The van der Waals surface area contributed by atoms with Gasteiger partial charge in [0.05, 0.1) is 34.6 Å². The Hall–Kier alpha value is -2.96. The van der Waals surface area contributed by atoms with Crippen LogP contribution in [0.25, 0.3) is 0 Å². The van der Waals surface area contributed by atoms with Gasteiger partial charge in [-0.25, -0.2) is 4.79 Å². The van der Waals surface area contributed by atoms with E-state index in [4.69, 9.17) is 27.6 Å². The maximum Gasteiger partial charge on any atom is 0.322 e. The highest BCUT2D eigenvalue weighted by Crippen LogP contribution is 2.29. The van der Waals surface area contributed by atoms with Gasteiger partial charge in [-0.05, 0) is 36.8 Å². The lowest BCUT2D eigenvalue weighted by atomic mass is 10.1. The normalized spacial score (nSPS) is 11.6. The number of halogens is 2. The number of urea groups is 1. The summed E-state index contributed by atoms with van der Waals surface area (Å²) >= 11 is 12.2. The number of nitrogens with one attached hydrogen (secondary N) is 2. The molecule has 0 radical (unpaired) electrons. The van der Waals surface area contributed by atoms with Crippen LogP contribution in [0, 0.1) is 0 Å². The van der Waals surface area contributed by atoms with Crippen LogP contribution in [-0.2, 0) is 11.3 Å². The number of benzene rings is 2. The Balaban J connectivity index is 1.63. The van der Waals surface area contributed by atoms with Gasteiger partial charge >= 0.3 is 6.03 Å². The van der Waals surface area contributed by atoms with E-state index in [2.05, 4.69) is 10.6 Å². The number of rotatable bonds is 8. The van der Waals surface area contributed by atoms with Crippen molar-refractivity contribution in [3.63, 3.8) is 0 Å². The van der Waals surface area contributed by atoms with E-state index < -0.39 is 6.03 Å². The minimum Gasteiger partial charge on any atom is -0.467 e. The number of carbonyl (C=O) groups is 2. The van der Waals surface area contributed by atoms with Crippen LogP contribution < -0.4 is 10.6 Å². The van der Waals surface area contributed by atoms with Gasteiger partial charge in [-0.3, -0.25) is 4.79 Å². The Morgan fingerprint density at radius 1 is 1.03 bits per heavy atom. The molecule has 0 bridgehead atoms. The van der Waals surface area contributed by atoms with Gasteiger partial charge in [-0.1, -0.05) is 59.6 Å². The summed E-state index contributed by atoms with van der Waals surface area (Å²) in [6.07, 6.45) is 1.67. The molecular formula is C23H23Cl2N3O3. The molecule has 3 amide bonds. The van der Waals surface area contributed by atoms with Crippen LogP contribution >= 0.6 is 23.2 Å². The lowest BCUT2D eigenvalue weighted by Gasteiger charge is -2.23. The maximum absolute atomic E-state index is 12.9. The first kappa shape index (κ1) is 22.7. The summed E-state index contributed by atoms with van der Waals surface area (Å²) in [5.74, 6) is 0.444. The van der Waals surface area contributed by atoms with E-state index in [0.29, 0.717) is 16.5 Å². The van der Waals surface area contributed by atoms with E-state index in [-0.39, 0.29) is 36.5 Å². The van der Waals surface area contributed by atoms with Gasteiger partial charge in [0, 0.05) is 13.0 Å². The first-order chi connectivity index (χ1) is 14.9. The molecule has 2 N–H and O–H groups in total. The highest BCUT2D eigenvalue weighted by molar-refractivity contribution is 6.43. The van der Waals surface area contributed by atoms with Crippen molar-refractivity contribution in [2.24, 2.45) is 0 Å². The Labute approximate surface area is 191 Å². The van der Waals surface area contributed by atoms with Crippen LogP contribution in [0.2, 0.25) is 10.0 Å². The molecule has 6 nitrogen and oxygen atoms in total. The number of hydrogen-bond acceptors (Lipinski definition) is 3. The third kappa shape index (κ3) is 6.51. The monoisotopic (exact) mass is 459 g/mol. The average molecular weight is 460 g/mol. The van der Waals surface area contributed by atoms with E-state index in [9.17, 15) is 9.59 Å². The van der Waals surface area contributed by atoms with Crippen LogP contribution in [-0.4, -0.2) is 23.4 Å². The van der Waals surface area contributed by atoms with Gasteiger partial charge in [-0.15, -0.1) is 0 Å². The van der Waals surface area contributed by atoms with E-state index in [1.165, 1.54) is 11.2 Å². The Kier molecular flexibility index (Phi) is 7.98. The summed E-state index contributed by atoms with van der Waals surface area (Å²) in [7, 11) is 0. The second-order valence-corrected chi connectivity index (χ2v) is 7.77. The Bertz CT molecular complexity index is 1010. The first-order valence-electron chi connectivity index (χ1n) is 9.80. The summed E-state index contributed by atoms with van der Waals surface area (Å²) in [6.45, 7) is 2.32. The van der Waals surface area contributed by atoms with Crippen LogP contribution in [0.15, 0.2) is 71.3 Å². The molecule has 0 saturated heterocycles. The lowest BCUT2D eigenvalue weighted by molar-refractivity contribution is -0.121. The largest absolute Gasteiger partial charge is 0.467 e. The molecule has 1 aromatic heterocycles. The van der Waals surface area contributed by atoms with E-state index in [1.54, 1.807) is 30.3 Å². The quantitative estimate of drug-likeness (QED) is 0.440. The molecule has 31 heavy (non-hydrogen) atoms. The Morgan fingerprint density at radius 3 is 2.52 bits per heavy atom. The second kappa shape index (κ2) is 10.9. The topological polar surface area (TPSA) is 74.6 Å². The van der Waals surface area contributed by atoms with Crippen LogP contribution in [0.4, 0.5) is 10.5 Å². The number of furan rings is 1. The van der Waals surface area contributed by atoms with Gasteiger partial charge in [0.2, 0.25) is 5.91 Å². The summed E-state index contributed by atoms with van der Waals surface area (Å²) in [5.41, 5.74) is 1.40. The zero-order chi connectivity index (χ0) is 22.2. The molecule has 0 aliphatic heterocycles. The summed E-state index contributed by atoms with van der Waals surface area (Å²) < 4.78 is 5.37. The smallest absolute Gasteiger partial charge is 0.322 e. The summed E-state index contributed by atoms with van der Waals surface area (Å²) in [4.78, 5) is 26.9. The SMILES string of the molecule is CC(NC(=O)CCN(Cc1ccco1)C(=O)Nc1cccc(Cl)c1Cl)c1ccccc1. The third-order valence-electron chi connectivity index (χ3n) is 4.69. The molecule has 1 unspecified atom stereocenters. The molecule has 1 heterocycles. The molecule has 0 spiro atoms. The fraction of sp³-hybridized carbons (Fsp3) is 0.217. The fourth-order valence-electron chi connectivity index (χ4n) is 3.01. The predicted molar refractivity (Wildman–Crippen MR) is 122 cm³/mol. The van der Waals surface area contributed by atoms with Crippen molar-refractivity contribution in [2.75, 3.05) is 11.9 Å². The summed E-state index contributed by atoms with van der Waals surface area (Å²) in [5, 5.41) is 6.30. The standard InChI is InChI=1S/C23H23Cl2N3O3/c1-16(17-7-3-2-4-8-17)26-21(29)12-13-28(15-18-9-6-14-31-18)23(30)27-20-11-5-10-19(24)22(20)25/h2-11,14,16H,12-13,15H2,1H3,(H,26,29)(H,27,30). The van der Waals surface area contributed by atoms with Gasteiger partial charge in [0.15, 0.2) is 0 Å². The van der Waals surface area contributed by atoms with Crippen molar-refractivity contribution >= 4 is 40.8 Å². The van der Waals surface area contributed by atoms with Crippen molar-refractivity contribution in [2.45, 2.75) is 25.9 Å². The highest BCUT2D eigenvalue weighted by atomic mass is 35.5. The number of nitrogens with zero attached hydrogens (tertiary/aromatic N) is 1. The zero-order valence-electron chi connectivity index (χ0n) is 17.0. The van der Waals surface area contributed by atoms with Gasteiger partial charge < -0.3 is 20.0 Å². The average Bonchev–Trinajstić information content (AvgIpc) is 3.28. The number of anilines is 1. The molecule has 162 valence electrons. The first-order valence-corrected chi connectivity index (χ1v) is 10.6. The molecule has 2 aromatic carbocycles. The molecule has 0 fully saturated rings. The molecule has 8 heteroatoms. The van der Waals surface area contributed by atoms with Crippen LogP contribution in [0.3, 0.4) is 0 Å². The highest BCUT2D eigenvalue weighted by Gasteiger charge is 2.19. The van der Waals surface area contributed by atoms with E-state index in [1.807, 2.05) is 37.3 Å². The zero-order valence-corrected chi connectivity index (χ0v) is 18.5. The molecular weight excluding hydrogens is 437 g/mol. The Morgan fingerprint density at radius 2 is 1.81 bits per heavy atom. The van der Waals surface area contributed by atoms with Gasteiger partial charge in [-0.2, -0.15) is 0 Å². The molecule has 3 rings (SSSR count). The maximum atomic E-state index is 12.9. The predicted octanol–water partition coefficient (Wildman–Crippen LogP) is 5.89. The van der Waals surface area contributed by atoms with Gasteiger partial charge in [0.1, 0.15) is 5.76 Å². The molecule has 0 aliphatic rings. The third-order valence-corrected chi connectivity index (χ3v) is 5.51. The number of carbonyl (C=O) groups excluding carboxylic acids is 2. The number of amides is 3. The van der Waals surface area contributed by atoms with E-state index in [0.717, 1.165) is 5.56 Å². The van der Waals surface area contributed by atoms with Crippen molar-refractivity contribution < 1.29 is 14.0 Å². The minimum absolute atomic E-state index is 0.133. The fourth-order valence-corrected chi connectivity index (χ4v) is 3.36. The van der Waals surface area contributed by atoms with Crippen LogP contribution in [0.1, 0.15) is 30.7 Å². The minimum atomic E-state index is -0.413. The molecule has 0 saturated carbocycles. The van der Waals surface area contributed by atoms with Crippen molar-refractivity contribution in [1.82, 2.24) is 10.2 Å². The lowest BCUT2D eigenvalue weighted by Crippen LogP contribution is -2.38. The van der Waals surface area contributed by atoms with Crippen LogP contribution in [0.5, 0.6) is 0 Å². The summed E-state index contributed by atoms with van der Waals surface area (Å²) in [6, 6.07) is 17.6. The van der Waals surface area contributed by atoms with Gasteiger partial charge in [0.25, 0.3) is 0 Å². The molecule has 3 aromatic rings. The molecule has 0 aliphatic carbocycles.